The fraction of sp³-hybridized carbons (Fsp3) is 0.100. The zero-order chi connectivity index (χ0) is 10.6. The summed E-state index contributed by atoms with van der Waals surface area (Å²) in [6.07, 6.45) is 1.14. The molecule has 1 amide bonds. The zero-order valence-corrected chi connectivity index (χ0v) is 7.59. The molecule has 0 bridgehead atoms. The predicted octanol–water partition coefficient (Wildman–Crippen LogP) is 1.41. The summed E-state index contributed by atoms with van der Waals surface area (Å²) in [4.78, 5) is 10.9. The first-order chi connectivity index (χ1) is 6.67. The number of nitrogens with one attached hydrogen (secondary N) is 1. The maximum atomic E-state index is 13.0. The van der Waals surface area contributed by atoms with Gasteiger partial charge in [0.2, 0.25) is 5.91 Å². The highest BCUT2D eigenvalue weighted by atomic mass is 19.1. The number of amides is 1. The van der Waals surface area contributed by atoms with Crippen LogP contribution in [0.5, 0.6) is 0 Å². The molecule has 1 aromatic carbocycles. The van der Waals surface area contributed by atoms with Crippen LogP contribution >= 0.6 is 0 Å². The summed E-state index contributed by atoms with van der Waals surface area (Å²) in [5.74, 6) is -0.705. The lowest BCUT2D eigenvalue weighted by molar-refractivity contribution is -0.111. The number of rotatable bonds is 3. The van der Waals surface area contributed by atoms with Crippen molar-refractivity contribution in [2.24, 2.45) is 5.73 Å². The fourth-order valence-corrected chi connectivity index (χ4v) is 1.00. The number of benzene rings is 1. The van der Waals surface area contributed by atoms with Gasteiger partial charge >= 0.3 is 0 Å². The van der Waals surface area contributed by atoms with Gasteiger partial charge in [-0.1, -0.05) is 6.58 Å². The Morgan fingerprint density at radius 3 is 2.93 bits per heavy atom. The molecule has 0 spiro atoms. The van der Waals surface area contributed by atoms with E-state index in [1.807, 2.05) is 0 Å². The first-order valence-corrected chi connectivity index (χ1v) is 4.09. The topological polar surface area (TPSA) is 55.1 Å². The minimum Gasteiger partial charge on any atom is -0.326 e. The van der Waals surface area contributed by atoms with Crippen LogP contribution in [0.2, 0.25) is 0 Å². The van der Waals surface area contributed by atoms with Gasteiger partial charge in [-0.15, -0.1) is 0 Å². The Morgan fingerprint density at radius 2 is 2.36 bits per heavy atom. The third-order valence-corrected chi connectivity index (χ3v) is 1.72. The molecule has 74 valence electrons. The van der Waals surface area contributed by atoms with Crippen molar-refractivity contribution in [3.8, 4) is 0 Å². The summed E-state index contributed by atoms with van der Waals surface area (Å²) in [5, 5.41) is 2.51. The van der Waals surface area contributed by atoms with E-state index in [1.54, 1.807) is 0 Å². The second-order valence-electron chi connectivity index (χ2n) is 2.70. The highest BCUT2D eigenvalue weighted by Crippen LogP contribution is 2.14. The average molecular weight is 194 g/mol. The molecule has 0 fully saturated rings. The van der Waals surface area contributed by atoms with Crippen molar-refractivity contribution in [1.82, 2.24) is 0 Å². The largest absolute Gasteiger partial charge is 0.326 e. The number of hydrogen-bond donors (Lipinski definition) is 2. The molecule has 0 radical (unpaired) electrons. The van der Waals surface area contributed by atoms with Gasteiger partial charge in [-0.3, -0.25) is 4.79 Å². The van der Waals surface area contributed by atoms with Crippen LogP contribution in [-0.4, -0.2) is 5.91 Å². The minimum atomic E-state index is -0.371. The van der Waals surface area contributed by atoms with Crippen LogP contribution in [-0.2, 0) is 11.3 Å². The standard InChI is InChI=1S/C10H11FN2O/c1-2-10(14)13-8-3-4-9(11)7(5-8)6-12/h2-5H,1,6,12H2,(H,13,14). The normalized spacial score (nSPS) is 9.57. The van der Waals surface area contributed by atoms with Crippen molar-refractivity contribution in [3.05, 3.63) is 42.2 Å². The summed E-state index contributed by atoms with van der Waals surface area (Å²) in [6.45, 7) is 3.41. The lowest BCUT2D eigenvalue weighted by atomic mass is 10.2. The average Bonchev–Trinajstić information content (AvgIpc) is 2.20. The molecule has 0 atom stereocenters. The summed E-state index contributed by atoms with van der Waals surface area (Å²) in [6, 6.07) is 4.23. The molecule has 0 heterocycles. The molecule has 0 saturated carbocycles. The van der Waals surface area contributed by atoms with Crippen LogP contribution in [0.15, 0.2) is 30.9 Å². The zero-order valence-electron chi connectivity index (χ0n) is 7.59. The van der Waals surface area contributed by atoms with E-state index in [-0.39, 0.29) is 18.3 Å². The van der Waals surface area contributed by atoms with Crippen LogP contribution in [0.4, 0.5) is 10.1 Å². The van der Waals surface area contributed by atoms with Gasteiger partial charge in [0.15, 0.2) is 0 Å². The summed E-state index contributed by atoms with van der Waals surface area (Å²) in [7, 11) is 0. The number of nitrogens with two attached hydrogens (primary N) is 1. The van der Waals surface area contributed by atoms with E-state index in [9.17, 15) is 9.18 Å². The van der Waals surface area contributed by atoms with Crippen LogP contribution in [0, 0.1) is 5.82 Å². The third-order valence-electron chi connectivity index (χ3n) is 1.72. The first-order valence-electron chi connectivity index (χ1n) is 4.09. The van der Waals surface area contributed by atoms with Crippen molar-refractivity contribution < 1.29 is 9.18 Å². The van der Waals surface area contributed by atoms with Gasteiger partial charge in [0, 0.05) is 17.8 Å². The Hall–Kier alpha value is -1.68. The van der Waals surface area contributed by atoms with Gasteiger partial charge in [-0.25, -0.2) is 4.39 Å². The van der Waals surface area contributed by atoms with E-state index >= 15 is 0 Å². The monoisotopic (exact) mass is 194 g/mol. The number of anilines is 1. The van der Waals surface area contributed by atoms with Crippen molar-refractivity contribution in [2.75, 3.05) is 5.32 Å². The van der Waals surface area contributed by atoms with Crippen molar-refractivity contribution in [3.63, 3.8) is 0 Å². The molecule has 0 saturated heterocycles. The smallest absolute Gasteiger partial charge is 0.247 e. The Labute approximate surface area is 81.4 Å². The summed E-state index contributed by atoms with van der Waals surface area (Å²) < 4.78 is 13.0. The lowest BCUT2D eigenvalue weighted by Gasteiger charge is -2.05. The molecule has 0 aromatic heterocycles. The van der Waals surface area contributed by atoms with E-state index in [1.165, 1.54) is 18.2 Å². The van der Waals surface area contributed by atoms with Crippen molar-refractivity contribution in [1.29, 1.82) is 0 Å². The Bertz CT molecular complexity index is 363. The molecule has 0 unspecified atom stereocenters. The van der Waals surface area contributed by atoms with Crippen molar-refractivity contribution in [2.45, 2.75) is 6.54 Å². The van der Waals surface area contributed by atoms with E-state index in [0.717, 1.165) is 6.08 Å². The Balaban J connectivity index is 2.89. The van der Waals surface area contributed by atoms with Crippen LogP contribution in [0.1, 0.15) is 5.56 Å². The first kappa shape index (κ1) is 10.4. The molecule has 1 rings (SSSR count). The van der Waals surface area contributed by atoms with E-state index in [4.69, 9.17) is 5.73 Å². The Morgan fingerprint density at radius 1 is 1.64 bits per heavy atom. The SMILES string of the molecule is C=CC(=O)Nc1ccc(F)c(CN)c1. The third kappa shape index (κ3) is 2.40. The quantitative estimate of drug-likeness (QED) is 0.715. The lowest BCUT2D eigenvalue weighted by Crippen LogP contribution is -2.08. The second-order valence-corrected chi connectivity index (χ2v) is 2.70. The van der Waals surface area contributed by atoms with Gasteiger partial charge in [0.1, 0.15) is 5.82 Å². The Kier molecular flexibility index (Phi) is 3.36. The molecule has 0 aliphatic rings. The van der Waals surface area contributed by atoms with Gasteiger partial charge < -0.3 is 11.1 Å². The van der Waals surface area contributed by atoms with Gasteiger partial charge in [0.05, 0.1) is 0 Å². The van der Waals surface area contributed by atoms with Crippen LogP contribution in [0.25, 0.3) is 0 Å². The van der Waals surface area contributed by atoms with Crippen LogP contribution < -0.4 is 11.1 Å². The maximum absolute atomic E-state index is 13.0. The molecular formula is C10H11FN2O. The van der Waals surface area contributed by atoms with Crippen molar-refractivity contribution >= 4 is 11.6 Å². The number of halogens is 1. The fourth-order valence-electron chi connectivity index (χ4n) is 1.00. The molecule has 0 aliphatic heterocycles. The predicted molar refractivity (Wildman–Crippen MR) is 53.1 cm³/mol. The van der Waals surface area contributed by atoms with Crippen LogP contribution in [0.3, 0.4) is 0 Å². The highest BCUT2D eigenvalue weighted by Gasteiger charge is 2.02. The molecule has 0 aliphatic carbocycles. The number of carbonyl (C=O) groups excluding carboxylic acids is 1. The molecule has 14 heavy (non-hydrogen) atoms. The van der Waals surface area contributed by atoms with Gasteiger partial charge in [0.25, 0.3) is 0 Å². The van der Waals surface area contributed by atoms with E-state index in [0.29, 0.717) is 11.3 Å². The molecule has 4 heteroatoms. The molecular weight excluding hydrogens is 183 g/mol. The molecule has 3 nitrogen and oxygen atoms in total. The summed E-state index contributed by atoms with van der Waals surface area (Å²) in [5.41, 5.74) is 6.19. The minimum absolute atomic E-state index is 0.101. The molecule has 3 N–H and O–H groups in total. The van der Waals surface area contributed by atoms with Gasteiger partial charge in [-0.2, -0.15) is 0 Å². The second kappa shape index (κ2) is 4.53. The van der Waals surface area contributed by atoms with E-state index in [2.05, 4.69) is 11.9 Å². The molecule has 1 aromatic rings. The number of hydrogen-bond acceptors (Lipinski definition) is 2. The number of carbonyl (C=O) groups is 1. The van der Waals surface area contributed by atoms with E-state index < -0.39 is 0 Å². The highest BCUT2D eigenvalue weighted by molar-refractivity contribution is 5.98. The van der Waals surface area contributed by atoms with Gasteiger partial charge in [-0.05, 0) is 24.3 Å². The summed E-state index contributed by atoms with van der Waals surface area (Å²) >= 11 is 0. The maximum Gasteiger partial charge on any atom is 0.247 e.